The van der Waals surface area contributed by atoms with Gasteiger partial charge in [-0.25, -0.2) is 0 Å². The molecule has 3 aromatic rings. The van der Waals surface area contributed by atoms with Crippen molar-refractivity contribution in [2.75, 3.05) is 5.32 Å². The van der Waals surface area contributed by atoms with Crippen LogP contribution >= 0.6 is 0 Å². The fourth-order valence-corrected chi connectivity index (χ4v) is 2.93. The van der Waals surface area contributed by atoms with Crippen LogP contribution in [0, 0.1) is 0 Å². The molecular formula is C19H17N3. The first-order valence-corrected chi connectivity index (χ1v) is 7.39. The van der Waals surface area contributed by atoms with Crippen molar-refractivity contribution in [2.24, 2.45) is 5.73 Å². The number of aromatic amines is 1. The number of fused-ring (bicyclic) bond motifs is 3. The highest BCUT2D eigenvalue weighted by Gasteiger charge is 2.21. The maximum absolute atomic E-state index is 6.30. The molecule has 0 radical (unpaired) electrons. The second-order valence-corrected chi connectivity index (χ2v) is 5.45. The fourth-order valence-electron chi connectivity index (χ4n) is 2.93. The summed E-state index contributed by atoms with van der Waals surface area (Å²) in [6.45, 7) is 0. The number of aromatic nitrogens is 1. The van der Waals surface area contributed by atoms with Gasteiger partial charge < -0.3 is 16.0 Å². The Morgan fingerprint density at radius 3 is 2.64 bits per heavy atom. The molecule has 1 aromatic heterocycles. The number of hydrogen-bond donors (Lipinski definition) is 3. The molecule has 0 unspecified atom stereocenters. The first-order valence-electron chi connectivity index (χ1n) is 7.39. The largest absolute Gasteiger partial charge is 0.361 e. The third kappa shape index (κ3) is 2.12. The summed E-state index contributed by atoms with van der Waals surface area (Å²) in [7, 11) is 0. The van der Waals surface area contributed by atoms with Crippen LogP contribution in [-0.4, -0.2) is 11.0 Å². The molecule has 0 saturated heterocycles. The molecular weight excluding hydrogens is 270 g/mol. The van der Waals surface area contributed by atoms with Gasteiger partial charge in [0, 0.05) is 34.0 Å². The van der Waals surface area contributed by atoms with E-state index in [1.165, 1.54) is 10.9 Å². The number of rotatable bonds is 2. The lowest BCUT2D eigenvalue weighted by atomic mass is 9.92. The number of anilines is 1. The van der Waals surface area contributed by atoms with E-state index in [1.54, 1.807) is 0 Å². The van der Waals surface area contributed by atoms with Gasteiger partial charge in [0.2, 0.25) is 0 Å². The molecule has 0 aliphatic heterocycles. The predicted molar refractivity (Wildman–Crippen MR) is 93.3 cm³/mol. The molecule has 4 N–H and O–H groups in total. The van der Waals surface area contributed by atoms with Gasteiger partial charge in [0.15, 0.2) is 0 Å². The zero-order valence-corrected chi connectivity index (χ0v) is 12.1. The Balaban J connectivity index is 1.81. The second kappa shape index (κ2) is 5.20. The highest BCUT2D eigenvalue weighted by atomic mass is 14.8. The average molecular weight is 287 g/mol. The summed E-state index contributed by atoms with van der Waals surface area (Å²) in [5, 5.41) is 4.56. The van der Waals surface area contributed by atoms with Crippen molar-refractivity contribution in [3.63, 3.8) is 0 Å². The van der Waals surface area contributed by atoms with Crippen LogP contribution in [0.4, 0.5) is 5.69 Å². The van der Waals surface area contributed by atoms with Gasteiger partial charge in [-0.2, -0.15) is 0 Å². The van der Waals surface area contributed by atoms with Crippen LogP contribution in [-0.2, 0) is 0 Å². The van der Waals surface area contributed by atoms with E-state index in [2.05, 4.69) is 34.6 Å². The maximum Gasteiger partial charge on any atom is 0.0506 e. The lowest BCUT2D eigenvalue weighted by Crippen LogP contribution is -2.22. The molecule has 0 saturated carbocycles. The third-order valence-electron chi connectivity index (χ3n) is 4.02. The van der Waals surface area contributed by atoms with Crippen LogP contribution in [0.5, 0.6) is 0 Å². The molecule has 4 rings (SSSR count). The second-order valence-electron chi connectivity index (χ2n) is 5.45. The van der Waals surface area contributed by atoms with Crippen molar-refractivity contribution in [1.82, 2.24) is 4.98 Å². The Hall–Kier alpha value is -2.78. The van der Waals surface area contributed by atoms with Crippen LogP contribution in [0.2, 0.25) is 0 Å². The van der Waals surface area contributed by atoms with Crippen LogP contribution < -0.4 is 11.1 Å². The topological polar surface area (TPSA) is 53.8 Å². The molecule has 3 nitrogen and oxygen atoms in total. The van der Waals surface area contributed by atoms with Gasteiger partial charge in [-0.3, -0.25) is 0 Å². The number of benzene rings is 2. The van der Waals surface area contributed by atoms with E-state index in [0.29, 0.717) is 0 Å². The standard InChI is InChI=1S/C19H17N3/c20-16-10-11-18-19(14-8-4-5-9-17(14)22-18)15(16)12-21-13-6-2-1-3-7-13/h1-12,16,21-22H,20H2/b15-12+/t16-/m0/s1. The van der Waals surface area contributed by atoms with Crippen molar-refractivity contribution in [3.8, 4) is 0 Å². The Morgan fingerprint density at radius 1 is 1.00 bits per heavy atom. The van der Waals surface area contributed by atoms with E-state index < -0.39 is 0 Å². The van der Waals surface area contributed by atoms with E-state index in [0.717, 1.165) is 22.5 Å². The van der Waals surface area contributed by atoms with E-state index in [9.17, 15) is 0 Å². The molecule has 22 heavy (non-hydrogen) atoms. The van der Waals surface area contributed by atoms with Crippen molar-refractivity contribution >= 4 is 28.2 Å². The Morgan fingerprint density at radius 2 is 1.77 bits per heavy atom. The van der Waals surface area contributed by atoms with E-state index in [4.69, 9.17) is 5.73 Å². The SMILES string of the molecule is N[C@H]1C=Cc2[nH]c3ccccc3c2/C1=C/Nc1ccccc1. The van der Waals surface area contributed by atoms with Gasteiger partial charge in [-0.05, 0) is 29.8 Å². The number of H-pyrrole nitrogens is 1. The Labute approximate surface area is 129 Å². The van der Waals surface area contributed by atoms with E-state index >= 15 is 0 Å². The summed E-state index contributed by atoms with van der Waals surface area (Å²) < 4.78 is 0. The number of nitrogens with one attached hydrogen (secondary N) is 2. The Bertz CT molecular complexity index is 872. The van der Waals surface area contributed by atoms with Gasteiger partial charge in [0.05, 0.1) is 6.04 Å². The predicted octanol–water partition coefficient (Wildman–Crippen LogP) is 3.98. The highest BCUT2D eigenvalue weighted by Crippen LogP contribution is 2.34. The first-order chi connectivity index (χ1) is 10.8. The molecule has 0 bridgehead atoms. The van der Waals surface area contributed by atoms with Crippen LogP contribution in [0.3, 0.4) is 0 Å². The van der Waals surface area contributed by atoms with Crippen molar-refractivity contribution in [2.45, 2.75) is 6.04 Å². The molecule has 1 aliphatic carbocycles. The molecule has 0 amide bonds. The van der Waals surface area contributed by atoms with Gasteiger partial charge in [0.25, 0.3) is 0 Å². The molecule has 1 heterocycles. The third-order valence-corrected chi connectivity index (χ3v) is 4.02. The molecule has 0 fully saturated rings. The van der Waals surface area contributed by atoms with Crippen LogP contribution in [0.1, 0.15) is 11.3 Å². The van der Waals surface area contributed by atoms with Crippen molar-refractivity contribution in [3.05, 3.63) is 78.1 Å². The summed E-state index contributed by atoms with van der Waals surface area (Å²) in [5.74, 6) is 0. The van der Waals surface area contributed by atoms with Gasteiger partial charge >= 0.3 is 0 Å². The minimum absolute atomic E-state index is 0.108. The quantitative estimate of drug-likeness (QED) is 0.668. The first kappa shape index (κ1) is 12.9. The zero-order chi connectivity index (χ0) is 14.9. The highest BCUT2D eigenvalue weighted by molar-refractivity contribution is 6.00. The van der Waals surface area contributed by atoms with Gasteiger partial charge in [-0.1, -0.05) is 42.5 Å². The Kier molecular flexibility index (Phi) is 3.06. The minimum atomic E-state index is -0.108. The lowest BCUT2D eigenvalue weighted by Gasteiger charge is -2.18. The summed E-state index contributed by atoms with van der Waals surface area (Å²) in [5.41, 5.74) is 11.9. The normalized spacial score (nSPS) is 18.6. The number of para-hydroxylation sites is 2. The summed E-state index contributed by atoms with van der Waals surface area (Å²) in [6.07, 6.45) is 6.11. The van der Waals surface area contributed by atoms with Crippen LogP contribution in [0.15, 0.2) is 66.9 Å². The monoisotopic (exact) mass is 287 g/mol. The van der Waals surface area contributed by atoms with E-state index in [1.807, 2.05) is 48.7 Å². The van der Waals surface area contributed by atoms with E-state index in [-0.39, 0.29) is 6.04 Å². The molecule has 3 heteroatoms. The summed E-state index contributed by atoms with van der Waals surface area (Å²) in [6, 6.07) is 18.3. The van der Waals surface area contributed by atoms with Crippen molar-refractivity contribution in [1.29, 1.82) is 0 Å². The molecule has 2 aromatic carbocycles. The summed E-state index contributed by atoms with van der Waals surface area (Å²) in [4.78, 5) is 3.45. The van der Waals surface area contributed by atoms with Crippen molar-refractivity contribution < 1.29 is 0 Å². The lowest BCUT2D eigenvalue weighted by molar-refractivity contribution is 1.04. The average Bonchev–Trinajstić information content (AvgIpc) is 2.94. The fraction of sp³-hybridized carbons (Fsp3) is 0.0526. The van der Waals surface area contributed by atoms with Gasteiger partial charge in [-0.15, -0.1) is 0 Å². The minimum Gasteiger partial charge on any atom is -0.361 e. The van der Waals surface area contributed by atoms with Crippen LogP contribution in [0.25, 0.3) is 22.6 Å². The summed E-state index contributed by atoms with van der Waals surface area (Å²) >= 11 is 0. The smallest absolute Gasteiger partial charge is 0.0506 e. The maximum atomic E-state index is 6.30. The molecule has 108 valence electrons. The number of nitrogens with two attached hydrogens (primary N) is 1. The molecule has 1 atom stereocenters. The molecule has 1 aliphatic rings. The molecule has 0 spiro atoms. The number of hydrogen-bond acceptors (Lipinski definition) is 2. The zero-order valence-electron chi connectivity index (χ0n) is 12.1. The van der Waals surface area contributed by atoms with Gasteiger partial charge in [0.1, 0.15) is 0 Å².